The van der Waals surface area contributed by atoms with Gasteiger partial charge in [0.1, 0.15) is 0 Å². The van der Waals surface area contributed by atoms with Gasteiger partial charge in [-0.3, -0.25) is 9.36 Å². The van der Waals surface area contributed by atoms with Crippen LogP contribution in [0.5, 0.6) is 0 Å². The molecular weight excluding hydrogens is 536 g/mol. The molecule has 0 N–H and O–H groups in total. The Balaban J connectivity index is 1.56. The standard InChI is InChI=1S/C40H50N4/c1-5-9-18-31(7-3)29-43-39(27-37(41-43)33-20-13-11-14-21-33)35-24-17-25-36(26-35)40-28-38(34-22-15-12-16-23-34)42-44(40)30-32(8-4)19-10-6-2/h11-17,20-28,31-32H,5-10,18-19,29-30H2,1-4H3. The number of aromatic nitrogens is 4. The lowest BCUT2D eigenvalue weighted by molar-refractivity contribution is 0.375. The van der Waals surface area contributed by atoms with Gasteiger partial charge in [0.05, 0.1) is 22.8 Å². The van der Waals surface area contributed by atoms with E-state index in [2.05, 4.69) is 134 Å². The first-order valence-electron chi connectivity index (χ1n) is 17.0. The summed E-state index contributed by atoms with van der Waals surface area (Å²) in [7, 11) is 0. The van der Waals surface area contributed by atoms with Gasteiger partial charge in [-0.25, -0.2) is 0 Å². The predicted molar refractivity (Wildman–Crippen MR) is 186 cm³/mol. The molecule has 0 bridgehead atoms. The van der Waals surface area contributed by atoms with E-state index in [9.17, 15) is 0 Å². The second-order valence-corrected chi connectivity index (χ2v) is 12.3. The quantitative estimate of drug-likeness (QED) is 0.115. The van der Waals surface area contributed by atoms with Crippen molar-refractivity contribution < 1.29 is 0 Å². The second-order valence-electron chi connectivity index (χ2n) is 12.3. The van der Waals surface area contributed by atoms with Crippen LogP contribution in [0.2, 0.25) is 0 Å². The normalized spacial score (nSPS) is 12.8. The minimum atomic E-state index is 0.615. The van der Waals surface area contributed by atoms with Crippen molar-refractivity contribution in [3.8, 4) is 45.0 Å². The zero-order valence-corrected chi connectivity index (χ0v) is 27.3. The smallest absolute Gasteiger partial charge is 0.0929 e. The van der Waals surface area contributed by atoms with Crippen molar-refractivity contribution in [1.82, 2.24) is 19.6 Å². The molecule has 0 fully saturated rings. The molecule has 0 aliphatic heterocycles. The molecule has 0 radical (unpaired) electrons. The zero-order valence-electron chi connectivity index (χ0n) is 27.3. The fourth-order valence-electron chi connectivity index (χ4n) is 6.24. The highest BCUT2D eigenvalue weighted by atomic mass is 15.3. The topological polar surface area (TPSA) is 35.6 Å². The van der Waals surface area contributed by atoms with Crippen molar-refractivity contribution >= 4 is 0 Å². The van der Waals surface area contributed by atoms with E-state index >= 15 is 0 Å². The van der Waals surface area contributed by atoms with Crippen molar-refractivity contribution in [1.29, 1.82) is 0 Å². The van der Waals surface area contributed by atoms with Crippen LogP contribution in [0.25, 0.3) is 45.0 Å². The summed E-state index contributed by atoms with van der Waals surface area (Å²) in [5.74, 6) is 1.23. The molecular formula is C40H50N4. The maximum atomic E-state index is 5.19. The average Bonchev–Trinajstić information content (AvgIpc) is 3.70. The van der Waals surface area contributed by atoms with Crippen LogP contribution < -0.4 is 0 Å². The van der Waals surface area contributed by atoms with Crippen molar-refractivity contribution in [3.05, 3.63) is 97.1 Å². The summed E-state index contributed by atoms with van der Waals surface area (Å²) in [4.78, 5) is 0. The molecule has 0 saturated carbocycles. The molecule has 4 nitrogen and oxygen atoms in total. The van der Waals surface area contributed by atoms with Gasteiger partial charge in [0, 0.05) is 35.3 Å². The van der Waals surface area contributed by atoms with Crippen LogP contribution in [0.3, 0.4) is 0 Å². The Labute approximate surface area is 265 Å². The number of nitrogens with zero attached hydrogens (tertiary/aromatic N) is 4. The molecule has 44 heavy (non-hydrogen) atoms. The van der Waals surface area contributed by atoms with Crippen molar-refractivity contribution in [2.24, 2.45) is 11.8 Å². The van der Waals surface area contributed by atoms with Crippen LogP contribution in [0, 0.1) is 11.8 Å². The highest BCUT2D eigenvalue weighted by Gasteiger charge is 2.19. The van der Waals surface area contributed by atoms with E-state index in [0.717, 1.165) is 48.4 Å². The Kier molecular flexibility index (Phi) is 11.2. The highest BCUT2D eigenvalue weighted by molar-refractivity contribution is 5.75. The van der Waals surface area contributed by atoms with Crippen molar-refractivity contribution in [2.75, 3.05) is 0 Å². The second kappa shape index (κ2) is 15.7. The molecule has 5 aromatic rings. The lowest BCUT2D eigenvalue weighted by atomic mass is 9.98. The van der Waals surface area contributed by atoms with Gasteiger partial charge < -0.3 is 0 Å². The molecule has 3 aromatic carbocycles. The van der Waals surface area contributed by atoms with Gasteiger partial charge in [-0.1, -0.05) is 145 Å². The number of rotatable bonds is 16. The van der Waals surface area contributed by atoms with Crippen molar-refractivity contribution in [2.45, 2.75) is 92.2 Å². The molecule has 5 rings (SSSR count). The third kappa shape index (κ3) is 7.77. The lowest BCUT2D eigenvalue weighted by Crippen LogP contribution is -2.13. The van der Waals surface area contributed by atoms with Gasteiger partial charge in [-0.15, -0.1) is 0 Å². The molecule has 0 amide bonds. The molecule has 230 valence electrons. The summed E-state index contributed by atoms with van der Waals surface area (Å²) >= 11 is 0. The van der Waals surface area contributed by atoms with Gasteiger partial charge in [0.25, 0.3) is 0 Å². The van der Waals surface area contributed by atoms with Crippen LogP contribution in [-0.2, 0) is 13.1 Å². The maximum Gasteiger partial charge on any atom is 0.0929 e. The Hall–Kier alpha value is -3.92. The largest absolute Gasteiger partial charge is 0.264 e. The first-order valence-corrected chi connectivity index (χ1v) is 17.0. The van der Waals surface area contributed by atoms with E-state index in [4.69, 9.17) is 10.2 Å². The third-order valence-corrected chi connectivity index (χ3v) is 9.10. The molecule has 2 unspecified atom stereocenters. The van der Waals surface area contributed by atoms with Crippen LogP contribution in [-0.4, -0.2) is 19.6 Å². The molecule has 2 heterocycles. The Morgan fingerprint density at radius 1 is 0.500 bits per heavy atom. The first-order chi connectivity index (χ1) is 21.6. The number of unbranched alkanes of at least 4 members (excludes halogenated alkanes) is 2. The summed E-state index contributed by atoms with van der Waals surface area (Å²) < 4.78 is 4.55. The monoisotopic (exact) mass is 586 g/mol. The fourth-order valence-corrected chi connectivity index (χ4v) is 6.24. The van der Waals surface area contributed by atoms with E-state index in [0.29, 0.717) is 11.8 Å². The summed E-state index contributed by atoms with van der Waals surface area (Å²) in [5.41, 5.74) is 9.17. The maximum absolute atomic E-state index is 5.19. The minimum Gasteiger partial charge on any atom is -0.264 e. The third-order valence-electron chi connectivity index (χ3n) is 9.10. The first kappa shape index (κ1) is 31.5. The zero-order chi connectivity index (χ0) is 30.7. The molecule has 4 heteroatoms. The summed E-state index contributed by atoms with van der Waals surface area (Å²) in [6.45, 7) is 11.1. The van der Waals surface area contributed by atoms with Crippen molar-refractivity contribution in [3.63, 3.8) is 0 Å². The number of benzene rings is 3. The predicted octanol–water partition coefficient (Wildman–Crippen LogP) is 11.2. The minimum absolute atomic E-state index is 0.615. The van der Waals surface area contributed by atoms with E-state index < -0.39 is 0 Å². The van der Waals surface area contributed by atoms with E-state index in [-0.39, 0.29) is 0 Å². The molecule has 2 atom stereocenters. The SMILES string of the molecule is CCCCC(CC)Cn1nc(-c2ccccc2)cc1-c1cccc(-c2cc(-c3ccccc3)nn2CC(CC)CCCC)c1. The van der Waals surface area contributed by atoms with Gasteiger partial charge in [0.15, 0.2) is 0 Å². The molecule has 0 spiro atoms. The van der Waals surface area contributed by atoms with E-state index in [1.54, 1.807) is 0 Å². The van der Waals surface area contributed by atoms with Crippen LogP contribution in [0.1, 0.15) is 79.1 Å². The van der Waals surface area contributed by atoms with E-state index in [1.807, 2.05) is 0 Å². The van der Waals surface area contributed by atoms with Crippen LogP contribution in [0.4, 0.5) is 0 Å². The Morgan fingerprint density at radius 3 is 1.30 bits per heavy atom. The number of hydrogen-bond acceptors (Lipinski definition) is 2. The fraction of sp³-hybridized carbons (Fsp3) is 0.400. The molecule has 0 aliphatic carbocycles. The van der Waals surface area contributed by atoms with Gasteiger partial charge >= 0.3 is 0 Å². The molecule has 0 saturated heterocycles. The molecule has 0 aliphatic rings. The Morgan fingerprint density at radius 2 is 0.909 bits per heavy atom. The van der Waals surface area contributed by atoms with Gasteiger partial charge in [-0.05, 0) is 42.9 Å². The lowest BCUT2D eigenvalue weighted by Gasteiger charge is -2.18. The summed E-state index contributed by atoms with van der Waals surface area (Å²) in [5, 5.41) is 10.4. The van der Waals surface area contributed by atoms with Crippen LogP contribution >= 0.6 is 0 Å². The molecule has 2 aromatic heterocycles. The van der Waals surface area contributed by atoms with Crippen LogP contribution in [0.15, 0.2) is 97.1 Å². The Bertz CT molecular complexity index is 1450. The summed E-state index contributed by atoms with van der Waals surface area (Å²) in [6, 6.07) is 34.8. The van der Waals surface area contributed by atoms with Gasteiger partial charge in [-0.2, -0.15) is 10.2 Å². The highest BCUT2D eigenvalue weighted by Crippen LogP contribution is 2.33. The number of hydrogen-bond donors (Lipinski definition) is 0. The van der Waals surface area contributed by atoms with E-state index in [1.165, 1.54) is 61.0 Å². The summed E-state index contributed by atoms with van der Waals surface area (Å²) in [6.07, 6.45) is 9.81. The average molecular weight is 587 g/mol. The van der Waals surface area contributed by atoms with Gasteiger partial charge in [0.2, 0.25) is 0 Å².